The maximum absolute atomic E-state index is 12.8. The number of rotatable bonds is 9. The number of nitrogens with zero attached hydrogens (tertiary/aromatic N) is 2. The number of aromatic nitrogens is 1. The van der Waals surface area contributed by atoms with Crippen molar-refractivity contribution in [3.8, 4) is 0 Å². The van der Waals surface area contributed by atoms with Crippen molar-refractivity contribution in [1.29, 1.82) is 0 Å². The van der Waals surface area contributed by atoms with Crippen molar-refractivity contribution >= 4 is 16.6 Å². The van der Waals surface area contributed by atoms with Crippen LogP contribution in [0.4, 0.5) is 23.3 Å². The van der Waals surface area contributed by atoms with Crippen molar-refractivity contribution in [1.82, 2.24) is 9.69 Å². The highest BCUT2D eigenvalue weighted by Crippen LogP contribution is 2.31. The highest BCUT2D eigenvalue weighted by Gasteiger charge is 2.29. The Kier molecular flexibility index (Phi) is 14.2. The molecule has 34 heavy (non-hydrogen) atoms. The van der Waals surface area contributed by atoms with Gasteiger partial charge in [-0.1, -0.05) is 39.2 Å². The van der Waals surface area contributed by atoms with E-state index in [1.165, 1.54) is 23.8 Å². The van der Waals surface area contributed by atoms with Crippen LogP contribution < -0.4 is 5.32 Å². The number of halogens is 4. The van der Waals surface area contributed by atoms with E-state index in [1.807, 2.05) is 32.0 Å². The van der Waals surface area contributed by atoms with Gasteiger partial charge >= 0.3 is 6.18 Å². The van der Waals surface area contributed by atoms with Gasteiger partial charge < -0.3 is 19.4 Å². The van der Waals surface area contributed by atoms with Crippen LogP contribution >= 0.6 is 0 Å². The lowest BCUT2D eigenvalue weighted by molar-refractivity contribution is -0.140. The molecule has 0 unspecified atom stereocenters. The average Bonchev–Trinajstić information content (AvgIpc) is 3.13. The second kappa shape index (κ2) is 15.9. The third kappa shape index (κ3) is 10.6. The normalized spacial score (nSPS) is 14.4. The van der Waals surface area contributed by atoms with Gasteiger partial charge in [0.2, 0.25) is 0 Å². The summed E-state index contributed by atoms with van der Waals surface area (Å²) in [6.07, 6.45) is 1.80. The standard InChI is InChI=1S/C17H21F3N2.C6H14FNO2.C2H6/c1-12-10-14-15(21-13-6-3-2-4-7-13)8-5-9-16(14)22(12)11-17(18,19)20;1-9-5-3-8(7)4-6-10-2;1-2/h5,8-10,13,21H,2-4,6-7,11H2,1H3;3-6H2,1-2H3;1-2H3. The third-order valence-corrected chi connectivity index (χ3v) is 5.53. The highest BCUT2D eigenvalue weighted by atomic mass is 19.4. The summed E-state index contributed by atoms with van der Waals surface area (Å²) in [6, 6.07) is 7.85. The zero-order valence-corrected chi connectivity index (χ0v) is 21.2. The molecule has 1 heterocycles. The van der Waals surface area contributed by atoms with E-state index >= 15 is 0 Å². The van der Waals surface area contributed by atoms with Gasteiger partial charge in [0.1, 0.15) is 6.54 Å². The van der Waals surface area contributed by atoms with E-state index in [2.05, 4.69) is 14.8 Å². The molecule has 0 radical (unpaired) electrons. The molecule has 3 rings (SSSR count). The molecular weight excluding hydrogens is 450 g/mol. The van der Waals surface area contributed by atoms with Crippen molar-refractivity contribution in [2.24, 2.45) is 0 Å². The number of methoxy groups -OCH3 is 2. The zero-order chi connectivity index (χ0) is 25.6. The second-order valence-electron chi connectivity index (χ2n) is 8.10. The monoisotopic (exact) mass is 491 g/mol. The predicted molar refractivity (Wildman–Crippen MR) is 131 cm³/mol. The van der Waals surface area contributed by atoms with Crippen LogP contribution in [0.2, 0.25) is 0 Å². The summed E-state index contributed by atoms with van der Waals surface area (Å²) < 4.78 is 61.4. The maximum atomic E-state index is 12.8. The van der Waals surface area contributed by atoms with Gasteiger partial charge in [0.25, 0.3) is 0 Å². The molecule has 1 aromatic heterocycles. The number of aryl methyl sites for hydroxylation is 1. The van der Waals surface area contributed by atoms with E-state index in [0.29, 0.717) is 48.7 Å². The van der Waals surface area contributed by atoms with Crippen LogP contribution in [0.25, 0.3) is 10.9 Å². The molecular formula is C25H41F4N3O2. The Morgan fingerprint density at radius 2 is 1.62 bits per heavy atom. The summed E-state index contributed by atoms with van der Waals surface area (Å²) >= 11 is 0. The maximum Gasteiger partial charge on any atom is 0.406 e. The highest BCUT2D eigenvalue weighted by molar-refractivity contribution is 5.93. The lowest BCUT2D eigenvalue weighted by atomic mass is 9.95. The SMILES string of the molecule is CC.COCCN(F)CCOC.Cc1cc2c(NC3CCCCC3)cccc2n1CC(F)(F)F. The van der Waals surface area contributed by atoms with Gasteiger partial charge in [-0.2, -0.15) is 13.2 Å². The summed E-state index contributed by atoms with van der Waals surface area (Å²) in [5, 5.41) is 5.09. The fourth-order valence-electron chi connectivity index (χ4n) is 3.89. The first-order valence-electron chi connectivity index (χ1n) is 12.1. The van der Waals surface area contributed by atoms with Crippen molar-refractivity contribution in [3.05, 3.63) is 30.0 Å². The molecule has 0 amide bonds. The molecule has 5 nitrogen and oxygen atoms in total. The number of alkyl halides is 3. The van der Waals surface area contributed by atoms with Crippen LogP contribution in [-0.4, -0.2) is 62.4 Å². The van der Waals surface area contributed by atoms with Gasteiger partial charge in [-0.05, 0) is 38.0 Å². The van der Waals surface area contributed by atoms with E-state index < -0.39 is 12.7 Å². The van der Waals surface area contributed by atoms with Gasteiger partial charge in [0, 0.05) is 37.0 Å². The molecule has 196 valence electrons. The summed E-state index contributed by atoms with van der Waals surface area (Å²) in [5.41, 5.74) is 2.24. The topological polar surface area (TPSA) is 38.7 Å². The van der Waals surface area contributed by atoms with Crippen molar-refractivity contribution in [3.63, 3.8) is 0 Å². The summed E-state index contributed by atoms with van der Waals surface area (Å²) in [5.74, 6) is 0. The van der Waals surface area contributed by atoms with Crippen molar-refractivity contribution < 1.29 is 27.1 Å². The lowest BCUT2D eigenvalue weighted by Gasteiger charge is -2.24. The van der Waals surface area contributed by atoms with Crippen LogP contribution in [0, 0.1) is 6.92 Å². The molecule has 9 heteroatoms. The molecule has 1 fully saturated rings. The Bertz CT molecular complexity index is 797. The Hall–Kier alpha value is -1.84. The zero-order valence-electron chi connectivity index (χ0n) is 21.2. The molecule has 1 N–H and O–H groups in total. The molecule has 1 saturated carbocycles. The number of benzene rings is 1. The van der Waals surface area contributed by atoms with E-state index in [9.17, 15) is 17.7 Å². The molecule has 1 aromatic carbocycles. The Morgan fingerprint density at radius 1 is 1.03 bits per heavy atom. The molecule has 0 atom stereocenters. The van der Waals surface area contributed by atoms with Crippen LogP contribution in [-0.2, 0) is 16.0 Å². The molecule has 1 aliphatic rings. The predicted octanol–water partition coefficient (Wildman–Crippen LogP) is 6.75. The first kappa shape index (κ1) is 30.2. The van der Waals surface area contributed by atoms with E-state index in [4.69, 9.17) is 0 Å². The molecule has 0 bridgehead atoms. The fraction of sp³-hybridized carbons (Fsp3) is 0.680. The smallest absolute Gasteiger partial charge is 0.383 e. The van der Waals surface area contributed by atoms with E-state index in [-0.39, 0.29) is 0 Å². The minimum absolute atomic E-state index is 0.305. The molecule has 2 aromatic rings. The fourth-order valence-corrected chi connectivity index (χ4v) is 3.89. The van der Waals surface area contributed by atoms with E-state index in [0.717, 1.165) is 23.9 Å². The second-order valence-corrected chi connectivity index (χ2v) is 8.10. The Labute approximate surface area is 201 Å². The molecule has 0 aliphatic heterocycles. The van der Waals surface area contributed by atoms with Crippen LogP contribution in [0.3, 0.4) is 0 Å². The minimum atomic E-state index is -4.20. The minimum Gasteiger partial charge on any atom is -0.383 e. The van der Waals surface area contributed by atoms with Gasteiger partial charge in [0.15, 0.2) is 0 Å². The van der Waals surface area contributed by atoms with Crippen LogP contribution in [0.1, 0.15) is 51.6 Å². The average molecular weight is 492 g/mol. The number of hydrogen-bond acceptors (Lipinski definition) is 4. The Balaban J connectivity index is 0.000000409. The first-order valence-corrected chi connectivity index (χ1v) is 12.1. The summed E-state index contributed by atoms with van der Waals surface area (Å²) in [6.45, 7) is 6.24. The van der Waals surface area contributed by atoms with Crippen LogP contribution in [0.5, 0.6) is 0 Å². The number of fused-ring (bicyclic) bond motifs is 1. The van der Waals surface area contributed by atoms with Crippen molar-refractivity contribution in [2.75, 3.05) is 45.8 Å². The van der Waals surface area contributed by atoms with Gasteiger partial charge in [0.05, 0.1) is 31.8 Å². The number of nitrogens with one attached hydrogen (secondary N) is 1. The largest absolute Gasteiger partial charge is 0.406 e. The molecule has 0 saturated heterocycles. The lowest BCUT2D eigenvalue weighted by Crippen LogP contribution is -2.22. The third-order valence-electron chi connectivity index (χ3n) is 5.53. The quantitative estimate of drug-likeness (QED) is 0.311. The number of anilines is 1. The number of ether oxygens (including phenoxy) is 2. The van der Waals surface area contributed by atoms with Crippen molar-refractivity contribution in [2.45, 2.75) is 71.6 Å². The van der Waals surface area contributed by atoms with E-state index in [1.54, 1.807) is 27.2 Å². The van der Waals surface area contributed by atoms with Gasteiger partial charge in [-0.15, -0.1) is 9.60 Å². The summed E-state index contributed by atoms with van der Waals surface area (Å²) in [4.78, 5) is 0. The molecule has 0 spiro atoms. The van der Waals surface area contributed by atoms with Gasteiger partial charge in [-0.3, -0.25) is 0 Å². The molecule has 1 aliphatic carbocycles. The van der Waals surface area contributed by atoms with Crippen LogP contribution in [0.15, 0.2) is 24.3 Å². The Morgan fingerprint density at radius 3 is 2.15 bits per heavy atom. The summed E-state index contributed by atoms with van der Waals surface area (Å²) in [7, 11) is 3.09. The number of hydrogen-bond donors (Lipinski definition) is 1. The first-order chi connectivity index (χ1) is 16.2. The van der Waals surface area contributed by atoms with Gasteiger partial charge in [-0.25, -0.2) is 0 Å².